The van der Waals surface area contributed by atoms with Gasteiger partial charge in [-0.15, -0.1) is 0 Å². The van der Waals surface area contributed by atoms with E-state index in [-0.39, 0.29) is 29.0 Å². The van der Waals surface area contributed by atoms with Crippen LogP contribution in [0, 0.1) is 0 Å². The fourth-order valence-corrected chi connectivity index (χ4v) is 4.68. The van der Waals surface area contributed by atoms with Gasteiger partial charge in [0.1, 0.15) is 12.4 Å². The second-order valence-electron chi connectivity index (χ2n) is 8.11. The van der Waals surface area contributed by atoms with E-state index in [4.69, 9.17) is 9.47 Å². The molecule has 1 aliphatic rings. The van der Waals surface area contributed by atoms with Crippen LogP contribution in [0.25, 0.3) is 0 Å². The number of ether oxygens (including phenoxy) is 2. The summed E-state index contributed by atoms with van der Waals surface area (Å²) in [5, 5.41) is 2.83. The highest BCUT2D eigenvalue weighted by Gasteiger charge is 2.17. The van der Waals surface area contributed by atoms with Crippen LogP contribution < -0.4 is 14.8 Å². The van der Waals surface area contributed by atoms with Crippen molar-refractivity contribution in [2.24, 2.45) is 0 Å². The van der Waals surface area contributed by atoms with Crippen molar-refractivity contribution < 1.29 is 22.7 Å². The highest BCUT2D eigenvalue weighted by atomic mass is 32.2. The lowest BCUT2D eigenvalue weighted by Gasteiger charge is -2.12. The lowest BCUT2D eigenvalue weighted by molar-refractivity contribution is 0.0679. The lowest BCUT2D eigenvalue weighted by atomic mass is 10.2. The van der Waals surface area contributed by atoms with Crippen molar-refractivity contribution in [3.8, 4) is 5.75 Å². The van der Waals surface area contributed by atoms with Gasteiger partial charge in [-0.3, -0.25) is 4.79 Å². The molecule has 0 radical (unpaired) electrons. The molecule has 7 nitrogen and oxygen atoms in total. The Labute approximate surface area is 200 Å². The molecule has 8 heteroatoms. The zero-order valence-electron chi connectivity index (χ0n) is 18.8. The quantitative estimate of drug-likeness (QED) is 0.462. The Balaban J connectivity index is 1.30. The topological polar surface area (TPSA) is 93.7 Å². The number of carbonyl (C=O) groups excluding carboxylic acids is 1. The van der Waals surface area contributed by atoms with Crippen LogP contribution in [0.15, 0.2) is 83.8 Å². The molecule has 1 unspecified atom stereocenters. The van der Waals surface area contributed by atoms with Crippen LogP contribution in [-0.4, -0.2) is 33.6 Å². The number of carbonyl (C=O) groups is 1. The Hall–Kier alpha value is -3.20. The van der Waals surface area contributed by atoms with Gasteiger partial charge in [0.2, 0.25) is 10.0 Å². The first-order chi connectivity index (χ1) is 16.5. The maximum absolute atomic E-state index is 12.7. The average Bonchev–Trinajstić information content (AvgIpc) is 3.40. The van der Waals surface area contributed by atoms with Gasteiger partial charge in [0.15, 0.2) is 0 Å². The minimum absolute atomic E-state index is 0.0452. The van der Waals surface area contributed by atoms with E-state index >= 15 is 0 Å². The van der Waals surface area contributed by atoms with E-state index in [1.807, 2.05) is 54.6 Å². The minimum atomic E-state index is -3.75. The molecule has 1 atom stereocenters. The number of benzene rings is 3. The number of hydrogen-bond acceptors (Lipinski definition) is 5. The second kappa shape index (κ2) is 11.3. The molecule has 4 rings (SSSR count). The lowest BCUT2D eigenvalue weighted by Crippen LogP contribution is -2.25. The number of amides is 1. The molecule has 34 heavy (non-hydrogen) atoms. The largest absolute Gasteiger partial charge is 0.491 e. The van der Waals surface area contributed by atoms with E-state index < -0.39 is 10.0 Å². The molecule has 1 heterocycles. The van der Waals surface area contributed by atoms with E-state index in [1.165, 1.54) is 12.1 Å². The second-order valence-corrected chi connectivity index (χ2v) is 9.88. The fourth-order valence-electron chi connectivity index (χ4n) is 3.61. The molecule has 1 saturated heterocycles. The summed E-state index contributed by atoms with van der Waals surface area (Å²) < 4.78 is 39.2. The summed E-state index contributed by atoms with van der Waals surface area (Å²) in [6, 6.07) is 22.8. The molecule has 0 aromatic heterocycles. The molecule has 1 aliphatic heterocycles. The molecule has 2 N–H and O–H groups in total. The van der Waals surface area contributed by atoms with Crippen LogP contribution in [0.5, 0.6) is 5.75 Å². The first-order valence-electron chi connectivity index (χ1n) is 11.2. The summed E-state index contributed by atoms with van der Waals surface area (Å²) in [5.74, 6) is 0.408. The van der Waals surface area contributed by atoms with E-state index in [9.17, 15) is 13.2 Å². The van der Waals surface area contributed by atoms with Gasteiger partial charge >= 0.3 is 0 Å². The van der Waals surface area contributed by atoms with Crippen molar-refractivity contribution in [3.63, 3.8) is 0 Å². The van der Waals surface area contributed by atoms with Gasteiger partial charge < -0.3 is 14.8 Å². The first-order valence-corrected chi connectivity index (χ1v) is 12.7. The molecule has 1 fully saturated rings. The van der Waals surface area contributed by atoms with Gasteiger partial charge in [-0.1, -0.05) is 48.5 Å². The summed E-state index contributed by atoms with van der Waals surface area (Å²) in [6.07, 6.45) is 2.26. The molecule has 0 spiro atoms. The number of nitrogens with one attached hydrogen (secondary N) is 2. The van der Waals surface area contributed by atoms with Gasteiger partial charge in [-0.2, -0.15) is 0 Å². The zero-order chi connectivity index (χ0) is 23.8. The standard InChI is InChI=1S/C26H28N2O5S/c29-26(27-17-21-11-13-23(14-12-21)33-19-24-9-5-15-32-24)22-8-4-10-25(16-22)34(30,31)28-18-20-6-2-1-3-7-20/h1-4,6-8,10-14,16,24,28H,5,9,15,17-19H2,(H,27,29). The fraction of sp³-hybridized carbons (Fsp3) is 0.269. The Morgan fingerprint density at radius 3 is 2.44 bits per heavy atom. The van der Waals surface area contributed by atoms with E-state index in [0.717, 1.165) is 36.3 Å². The van der Waals surface area contributed by atoms with Gasteiger partial charge in [0.25, 0.3) is 5.91 Å². The van der Waals surface area contributed by atoms with Crippen molar-refractivity contribution in [2.45, 2.75) is 36.9 Å². The van der Waals surface area contributed by atoms with E-state index in [2.05, 4.69) is 10.0 Å². The summed E-state index contributed by atoms with van der Waals surface area (Å²) >= 11 is 0. The van der Waals surface area contributed by atoms with Gasteiger partial charge in [-0.05, 0) is 54.3 Å². The molecule has 0 bridgehead atoms. The van der Waals surface area contributed by atoms with Crippen LogP contribution in [0.2, 0.25) is 0 Å². The highest BCUT2D eigenvalue weighted by Crippen LogP contribution is 2.17. The SMILES string of the molecule is O=C(NCc1ccc(OCC2CCCO2)cc1)c1cccc(S(=O)(=O)NCc2ccccc2)c1. The Morgan fingerprint density at radius 2 is 1.71 bits per heavy atom. The number of rotatable bonds is 10. The third-order valence-electron chi connectivity index (χ3n) is 5.55. The molecule has 178 valence electrons. The Kier molecular flexibility index (Phi) is 7.95. The monoisotopic (exact) mass is 480 g/mol. The summed E-state index contributed by atoms with van der Waals surface area (Å²) in [6.45, 7) is 1.82. The van der Waals surface area contributed by atoms with Crippen LogP contribution in [0.1, 0.15) is 34.3 Å². The maximum Gasteiger partial charge on any atom is 0.251 e. The first kappa shape index (κ1) is 23.9. The molecule has 3 aromatic rings. The van der Waals surface area contributed by atoms with Crippen molar-refractivity contribution in [3.05, 3.63) is 95.6 Å². The molecule has 1 amide bonds. The predicted octanol–water partition coefficient (Wildman–Crippen LogP) is 3.65. The smallest absolute Gasteiger partial charge is 0.251 e. The normalized spacial score (nSPS) is 15.7. The highest BCUT2D eigenvalue weighted by molar-refractivity contribution is 7.89. The van der Waals surface area contributed by atoms with Crippen LogP contribution in [0.4, 0.5) is 0 Å². The number of hydrogen-bond donors (Lipinski definition) is 2. The van der Waals surface area contributed by atoms with Crippen molar-refractivity contribution in [1.82, 2.24) is 10.0 Å². The zero-order valence-corrected chi connectivity index (χ0v) is 19.6. The summed E-state index contributed by atoms with van der Waals surface area (Å²) in [5.41, 5.74) is 2.04. The Bertz CT molecular complexity index is 1190. The van der Waals surface area contributed by atoms with E-state index in [1.54, 1.807) is 12.1 Å². The minimum Gasteiger partial charge on any atom is -0.491 e. The average molecular weight is 481 g/mol. The van der Waals surface area contributed by atoms with Gasteiger partial charge in [-0.25, -0.2) is 13.1 Å². The molecule has 3 aromatic carbocycles. The summed E-state index contributed by atoms with van der Waals surface area (Å²) in [4.78, 5) is 12.7. The van der Waals surface area contributed by atoms with Crippen molar-refractivity contribution in [1.29, 1.82) is 0 Å². The Morgan fingerprint density at radius 1 is 0.941 bits per heavy atom. The molecular formula is C26H28N2O5S. The van der Waals surface area contributed by atoms with Crippen molar-refractivity contribution >= 4 is 15.9 Å². The predicted molar refractivity (Wildman–Crippen MR) is 129 cm³/mol. The van der Waals surface area contributed by atoms with Crippen molar-refractivity contribution in [2.75, 3.05) is 13.2 Å². The third kappa shape index (κ3) is 6.66. The van der Waals surface area contributed by atoms with E-state index in [0.29, 0.717) is 13.2 Å². The third-order valence-corrected chi connectivity index (χ3v) is 6.95. The van der Waals surface area contributed by atoms with Crippen LogP contribution >= 0.6 is 0 Å². The van der Waals surface area contributed by atoms with Gasteiger partial charge in [0, 0.05) is 25.3 Å². The molecular weight excluding hydrogens is 452 g/mol. The van der Waals surface area contributed by atoms with Crippen LogP contribution in [0.3, 0.4) is 0 Å². The maximum atomic E-state index is 12.7. The molecule has 0 aliphatic carbocycles. The van der Waals surface area contributed by atoms with Gasteiger partial charge in [0.05, 0.1) is 11.0 Å². The van der Waals surface area contributed by atoms with Crippen LogP contribution in [-0.2, 0) is 27.8 Å². The molecule has 0 saturated carbocycles. The summed E-state index contributed by atoms with van der Waals surface area (Å²) in [7, 11) is -3.75. The number of sulfonamides is 1.